The van der Waals surface area contributed by atoms with E-state index in [2.05, 4.69) is 10.2 Å². The molecule has 0 radical (unpaired) electrons. The fraction of sp³-hybridized carbons (Fsp3) is 0.0667. The number of benzene rings is 2. The summed E-state index contributed by atoms with van der Waals surface area (Å²) in [5.74, 6) is 0.977. The van der Waals surface area contributed by atoms with Crippen molar-refractivity contribution in [2.45, 2.75) is 11.0 Å². The van der Waals surface area contributed by atoms with Gasteiger partial charge in [0.2, 0.25) is 5.89 Å². The molecule has 1 heterocycles. The van der Waals surface area contributed by atoms with E-state index in [9.17, 15) is 0 Å². The molecule has 0 amide bonds. The smallest absolute Gasteiger partial charge is 0.277 e. The Labute approximate surface area is 146 Å². The molecule has 0 saturated heterocycles. The van der Waals surface area contributed by atoms with E-state index in [-0.39, 0.29) is 0 Å². The van der Waals surface area contributed by atoms with Crippen LogP contribution in [0.4, 0.5) is 0 Å². The molecule has 0 N–H and O–H groups in total. The molecular formula is C15H9Cl3N2OS. The summed E-state index contributed by atoms with van der Waals surface area (Å²) < 4.78 is 5.62. The van der Waals surface area contributed by atoms with Crippen molar-refractivity contribution in [1.82, 2.24) is 10.2 Å². The second kappa shape index (κ2) is 6.92. The molecule has 112 valence electrons. The highest BCUT2D eigenvalue weighted by atomic mass is 35.5. The van der Waals surface area contributed by atoms with Gasteiger partial charge in [0.1, 0.15) is 0 Å². The monoisotopic (exact) mass is 370 g/mol. The highest BCUT2D eigenvalue weighted by Gasteiger charge is 2.12. The first-order valence-corrected chi connectivity index (χ1v) is 8.40. The lowest BCUT2D eigenvalue weighted by molar-refractivity contribution is 0.466. The first-order valence-electron chi connectivity index (χ1n) is 6.28. The Morgan fingerprint density at radius 1 is 0.955 bits per heavy atom. The molecule has 3 nitrogen and oxygen atoms in total. The van der Waals surface area contributed by atoms with Crippen molar-refractivity contribution < 1.29 is 4.42 Å². The third kappa shape index (κ3) is 3.58. The Morgan fingerprint density at radius 2 is 1.68 bits per heavy atom. The highest BCUT2D eigenvalue weighted by Crippen LogP contribution is 2.32. The van der Waals surface area contributed by atoms with Crippen molar-refractivity contribution in [2.24, 2.45) is 0 Å². The van der Waals surface area contributed by atoms with Gasteiger partial charge in [0, 0.05) is 26.4 Å². The van der Waals surface area contributed by atoms with Gasteiger partial charge in [0.15, 0.2) is 0 Å². The summed E-state index contributed by atoms with van der Waals surface area (Å²) >= 11 is 19.6. The van der Waals surface area contributed by atoms with Crippen LogP contribution in [-0.4, -0.2) is 10.2 Å². The molecule has 3 rings (SSSR count). The van der Waals surface area contributed by atoms with Crippen LogP contribution in [0.15, 0.2) is 52.1 Å². The lowest BCUT2D eigenvalue weighted by atomic mass is 10.2. The Kier molecular flexibility index (Phi) is 4.93. The van der Waals surface area contributed by atoms with E-state index in [0.717, 1.165) is 11.1 Å². The van der Waals surface area contributed by atoms with E-state index in [1.54, 1.807) is 24.3 Å². The number of hydrogen-bond acceptors (Lipinski definition) is 4. The zero-order valence-corrected chi connectivity index (χ0v) is 14.2. The summed E-state index contributed by atoms with van der Waals surface area (Å²) in [6, 6.07) is 12.7. The Bertz CT molecular complexity index is 787. The molecular weight excluding hydrogens is 363 g/mol. The van der Waals surface area contributed by atoms with Gasteiger partial charge in [0.05, 0.1) is 0 Å². The van der Waals surface area contributed by atoms with Crippen LogP contribution in [0, 0.1) is 0 Å². The number of thioether (sulfide) groups is 1. The van der Waals surface area contributed by atoms with E-state index < -0.39 is 0 Å². The molecule has 2 aromatic carbocycles. The lowest BCUT2D eigenvalue weighted by Crippen LogP contribution is -1.84. The van der Waals surface area contributed by atoms with Gasteiger partial charge in [-0.15, -0.1) is 10.2 Å². The van der Waals surface area contributed by atoms with E-state index in [4.69, 9.17) is 39.2 Å². The first-order chi connectivity index (χ1) is 10.6. The van der Waals surface area contributed by atoms with Crippen molar-refractivity contribution in [3.63, 3.8) is 0 Å². The maximum Gasteiger partial charge on any atom is 0.277 e. The molecule has 0 fully saturated rings. The molecule has 22 heavy (non-hydrogen) atoms. The molecule has 0 aliphatic heterocycles. The zero-order valence-electron chi connectivity index (χ0n) is 11.1. The summed E-state index contributed by atoms with van der Waals surface area (Å²) in [7, 11) is 0. The summed E-state index contributed by atoms with van der Waals surface area (Å²) in [6.07, 6.45) is 0. The van der Waals surface area contributed by atoms with E-state index in [1.165, 1.54) is 11.8 Å². The summed E-state index contributed by atoms with van der Waals surface area (Å²) in [5.41, 5.74) is 1.63. The first kappa shape index (κ1) is 15.7. The Morgan fingerprint density at radius 3 is 2.41 bits per heavy atom. The normalized spacial score (nSPS) is 10.9. The van der Waals surface area contributed by atoms with Crippen molar-refractivity contribution in [1.29, 1.82) is 0 Å². The SMILES string of the molecule is Clc1cccc(-c2nnc(SCc3c(Cl)cccc3Cl)o2)c1. The number of nitrogens with zero attached hydrogens (tertiary/aromatic N) is 2. The second-order valence-electron chi connectivity index (χ2n) is 4.37. The average molecular weight is 372 g/mol. The number of halogens is 3. The summed E-state index contributed by atoms with van der Waals surface area (Å²) in [6.45, 7) is 0. The molecule has 1 aromatic heterocycles. The van der Waals surface area contributed by atoms with Crippen LogP contribution in [0.5, 0.6) is 0 Å². The van der Waals surface area contributed by atoms with Crippen LogP contribution < -0.4 is 0 Å². The molecule has 0 aliphatic carbocycles. The number of aromatic nitrogens is 2. The predicted molar refractivity (Wildman–Crippen MR) is 90.8 cm³/mol. The molecule has 0 unspecified atom stereocenters. The quantitative estimate of drug-likeness (QED) is 0.528. The van der Waals surface area contributed by atoms with E-state index in [0.29, 0.717) is 31.9 Å². The third-order valence-electron chi connectivity index (χ3n) is 2.88. The standard InChI is InChI=1S/C15H9Cl3N2OS/c16-10-4-1-3-9(7-10)14-19-20-15(21-14)22-8-11-12(17)5-2-6-13(11)18/h1-7H,8H2. The minimum Gasteiger partial charge on any atom is -0.411 e. The maximum atomic E-state index is 6.14. The molecule has 0 atom stereocenters. The van der Waals surface area contributed by atoms with Crippen molar-refractivity contribution in [3.8, 4) is 11.5 Å². The van der Waals surface area contributed by atoms with Crippen LogP contribution in [0.3, 0.4) is 0 Å². The summed E-state index contributed by atoms with van der Waals surface area (Å²) in [4.78, 5) is 0. The van der Waals surface area contributed by atoms with Gasteiger partial charge in [-0.1, -0.05) is 58.7 Å². The molecule has 0 bridgehead atoms. The van der Waals surface area contributed by atoms with Gasteiger partial charge < -0.3 is 4.42 Å². The minimum atomic E-state index is 0.426. The van der Waals surface area contributed by atoms with Gasteiger partial charge in [-0.05, 0) is 35.9 Å². The topological polar surface area (TPSA) is 38.9 Å². The van der Waals surface area contributed by atoms with Crippen molar-refractivity contribution in [2.75, 3.05) is 0 Å². The van der Waals surface area contributed by atoms with Gasteiger partial charge in [-0.2, -0.15) is 0 Å². The van der Waals surface area contributed by atoms with Crippen LogP contribution in [0.25, 0.3) is 11.5 Å². The molecule has 3 aromatic rings. The number of rotatable bonds is 4. The third-order valence-corrected chi connectivity index (χ3v) is 4.67. The van der Waals surface area contributed by atoms with Crippen molar-refractivity contribution in [3.05, 3.63) is 63.1 Å². The average Bonchev–Trinajstić information content (AvgIpc) is 2.96. The largest absolute Gasteiger partial charge is 0.411 e. The van der Waals surface area contributed by atoms with Gasteiger partial charge >= 0.3 is 0 Å². The fourth-order valence-corrected chi connectivity index (χ4v) is 3.51. The van der Waals surface area contributed by atoms with E-state index >= 15 is 0 Å². The number of hydrogen-bond donors (Lipinski definition) is 0. The zero-order chi connectivity index (χ0) is 15.5. The van der Waals surface area contributed by atoms with E-state index in [1.807, 2.05) is 18.2 Å². The maximum absolute atomic E-state index is 6.14. The fourth-order valence-electron chi connectivity index (χ4n) is 1.81. The molecule has 0 spiro atoms. The Balaban J connectivity index is 1.75. The predicted octanol–water partition coefficient (Wildman–Crippen LogP) is 5.99. The lowest BCUT2D eigenvalue weighted by Gasteiger charge is -2.04. The van der Waals surface area contributed by atoms with Gasteiger partial charge in [-0.3, -0.25) is 0 Å². The molecule has 0 saturated carbocycles. The van der Waals surface area contributed by atoms with Crippen LogP contribution in [0.2, 0.25) is 15.1 Å². The summed E-state index contributed by atoms with van der Waals surface area (Å²) in [5, 5.41) is 10.3. The van der Waals surface area contributed by atoms with Gasteiger partial charge in [-0.25, -0.2) is 0 Å². The highest BCUT2D eigenvalue weighted by molar-refractivity contribution is 7.98. The minimum absolute atomic E-state index is 0.426. The van der Waals surface area contributed by atoms with Crippen molar-refractivity contribution >= 4 is 46.6 Å². The molecule has 0 aliphatic rings. The van der Waals surface area contributed by atoms with Crippen LogP contribution in [-0.2, 0) is 5.75 Å². The van der Waals surface area contributed by atoms with Crippen LogP contribution >= 0.6 is 46.6 Å². The molecule has 7 heteroatoms. The van der Waals surface area contributed by atoms with Gasteiger partial charge in [0.25, 0.3) is 5.22 Å². The Hall–Kier alpha value is -1.20. The second-order valence-corrected chi connectivity index (χ2v) is 6.55. The van der Waals surface area contributed by atoms with Crippen LogP contribution in [0.1, 0.15) is 5.56 Å².